The van der Waals surface area contributed by atoms with Gasteiger partial charge in [0.2, 0.25) is 0 Å². The summed E-state index contributed by atoms with van der Waals surface area (Å²) in [6.07, 6.45) is 1.09. The lowest BCUT2D eigenvalue weighted by atomic mass is 9.76. The summed E-state index contributed by atoms with van der Waals surface area (Å²) < 4.78 is 15.6. The molecule has 0 bridgehead atoms. The first-order valence-corrected chi connectivity index (χ1v) is 8.04. The third kappa shape index (κ3) is 2.21. The molecular formula is C15H22N2OS. The molecule has 0 saturated carbocycles. The van der Waals surface area contributed by atoms with Crippen molar-refractivity contribution in [2.24, 2.45) is 5.41 Å². The van der Waals surface area contributed by atoms with Gasteiger partial charge in [-0.25, -0.2) is 0 Å². The van der Waals surface area contributed by atoms with E-state index in [2.05, 4.69) is 34.3 Å². The van der Waals surface area contributed by atoms with Crippen LogP contribution in [0.5, 0.6) is 0 Å². The molecular weight excluding hydrogens is 256 g/mol. The van der Waals surface area contributed by atoms with Crippen molar-refractivity contribution in [2.45, 2.75) is 38.0 Å². The number of rotatable bonds is 2. The van der Waals surface area contributed by atoms with Crippen LogP contribution >= 0.6 is 0 Å². The first-order valence-electron chi connectivity index (χ1n) is 6.89. The van der Waals surface area contributed by atoms with E-state index in [-0.39, 0.29) is 16.2 Å². The third-order valence-corrected chi connectivity index (χ3v) is 5.82. The van der Waals surface area contributed by atoms with Gasteiger partial charge >= 0.3 is 0 Å². The van der Waals surface area contributed by atoms with E-state index >= 15 is 0 Å². The lowest BCUT2D eigenvalue weighted by molar-refractivity contribution is 0.134. The van der Waals surface area contributed by atoms with Gasteiger partial charge in [-0.1, -0.05) is 24.3 Å². The van der Waals surface area contributed by atoms with E-state index < -0.39 is 11.4 Å². The molecule has 19 heavy (non-hydrogen) atoms. The highest BCUT2D eigenvalue weighted by Gasteiger charge is 2.52. The summed E-state index contributed by atoms with van der Waals surface area (Å²) in [6, 6.07) is 8.78. The second-order valence-electron chi connectivity index (χ2n) is 6.77. The van der Waals surface area contributed by atoms with Gasteiger partial charge in [-0.2, -0.15) is 0 Å². The quantitative estimate of drug-likeness (QED) is 0.813. The van der Waals surface area contributed by atoms with Crippen molar-refractivity contribution < 1.29 is 4.55 Å². The zero-order chi connectivity index (χ0) is 13.7. The Morgan fingerprint density at radius 3 is 2.58 bits per heavy atom. The zero-order valence-electron chi connectivity index (χ0n) is 11.8. The fourth-order valence-corrected chi connectivity index (χ4v) is 3.98. The Morgan fingerprint density at radius 1 is 1.32 bits per heavy atom. The summed E-state index contributed by atoms with van der Waals surface area (Å²) in [7, 11) is 0. The largest absolute Gasteiger partial charge is 0.598 e. The number of benzene rings is 1. The van der Waals surface area contributed by atoms with Crippen molar-refractivity contribution in [2.75, 3.05) is 13.1 Å². The maximum Gasteiger partial charge on any atom is 0.136 e. The molecule has 0 amide bonds. The Balaban J connectivity index is 1.89. The minimum atomic E-state index is -1.03. The molecule has 1 spiro atoms. The molecule has 3 rings (SSSR count). The topological polar surface area (TPSA) is 47.1 Å². The van der Waals surface area contributed by atoms with Crippen LogP contribution in [0, 0.1) is 5.41 Å². The summed E-state index contributed by atoms with van der Waals surface area (Å²) in [5.74, 6) is 0. The Bertz CT molecular complexity index is 479. The molecule has 1 fully saturated rings. The van der Waals surface area contributed by atoms with E-state index in [0.29, 0.717) is 0 Å². The second-order valence-corrected chi connectivity index (χ2v) is 8.77. The van der Waals surface area contributed by atoms with Gasteiger partial charge < -0.3 is 9.87 Å². The van der Waals surface area contributed by atoms with Crippen LogP contribution in [0.25, 0.3) is 0 Å². The molecule has 0 radical (unpaired) electrons. The minimum Gasteiger partial charge on any atom is -0.598 e. The Labute approximate surface area is 118 Å². The molecule has 1 aliphatic heterocycles. The highest BCUT2D eigenvalue weighted by molar-refractivity contribution is 7.90. The van der Waals surface area contributed by atoms with Gasteiger partial charge in [-0.3, -0.25) is 0 Å². The maximum absolute atomic E-state index is 12.4. The summed E-state index contributed by atoms with van der Waals surface area (Å²) in [4.78, 5) is 0. The van der Waals surface area contributed by atoms with Crippen molar-refractivity contribution in [1.29, 1.82) is 0 Å². The van der Waals surface area contributed by atoms with Gasteiger partial charge in [0, 0.05) is 29.9 Å². The van der Waals surface area contributed by atoms with Crippen molar-refractivity contribution in [1.82, 2.24) is 10.0 Å². The zero-order valence-corrected chi connectivity index (χ0v) is 12.6. The van der Waals surface area contributed by atoms with Crippen molar-refractivity contribution in [3.63, 3.8) is 0 Å². The monoisotopic (exact) mass is 278 g/mol. The van der Waals surface area contributed by atoms with Gasteiger partial charge in [0.05, 0.1) is 6.04 Å². The molecule has 1 aliphatic carbocycles. The van der Waals surface area contributed by atoms with Crippen LogP contribution in [0.15, 0.2) is 24.3 Å². The van der Waals surface area contributed by atoms with E-state index in [4.69, 9.17) is 0 Å². The molecule has 1 heterocycles. The molecule has 1 aromatic rings. The van der Waals surface area contributed by atoms with Crippen LogP contribution in [-0.4, -0.2) is 22.4 Å². The van der Waals surface area contributed by atoms with E-state index in [9.17, 15) is 4.55 Å². The van der Waals surface area contributed by atoms with Crippen LogP contribution in [0.2, 0.25) is 0 Å². The Morgan fingerprint density at radius 2 is 2.00 bits per heavy atom. The fourth-order valence-electron chi connectivity index (χ4n) is 3.04. The fraction of sp³-hybridized carbons (Fsp3) is 0.600. The molecule has 1 saturated heterocycles. The van der Waals surface area contributed by atoms with Crippen LogP contribution in [-0.2, 0) is 17.8 Å². The number of nitrogens with one attached hydrogen (secondary N) is 2. The molecule has 1 aromatic carbocycles. The maximum atomic E-state index is 12.4. The molecule has 0 unspecified atom stereocenters. The van der Waals surface area contributed by atoms with Crippen molar-refractivity contribution >= 4 is 11.4 Å². The standard InChI is InChI=1S/C15H22N2OS/c1-14(2,3)19(18)17-13-12-7-5-4-6-11(12)8-15(13)9-16-10-15/h4-7,13,16-17H,8-10H2,1-3H3/t13-,19-/m1/s1. The molecule has 3 nitrogen and oxygen atoms in total. The van der Waals surface area contributed by atoms with Crippen LogP contribution in [0.1, 0.15) is 37.9 Å². The number of hydrogen-bond acceptors (Lipinski definition) is 3. The summed E-state index contributed by atoms with van der Waals surface area (Å²) >= 11 is -1.03. The Hall–Kier alpha value is -0.550. The van der Waals surface area contributed by atoms with E-state index in [0.717, 1.165) is 19.5 Å². The molecule has 2 aliphatic rings. The van der Waals surface area contributed by atoms with Crippen molar-refractivity contribution in [3.8, 4) is 0 Å². The molecule has 104 valence electrons. The number of fused-ring (bicyclic) bond motifs is 1. The van der Waals surface area contributed by atoms with Gasteiger partial charge in [0.25, 0.3) is 0 Å². The Kier molecular flexibility index (Phi) is 3.17. The van der Waals surface area contributed by atoms with E-state index in [1.807, 2.05) is 20.8 Å². The van der Waals surface area contributed by atoms with Gasteiger partial charge in [0.1, 0.15) is 4.75 Å². The first-order chi connectivity index (χ1) is 8.92. The average Bonchev–Trinajstić information content (AvgIpc) is 2.63. The molecule has 2 N–H and O–H groups in total. The summed E-state index contributed by atoms with van der Waals surface area (Å²) in [5, 5.41) is 3.38. The smallest absolute Gasteiger partial charge is 0.136 e. The summed E-state index contributed by atoms with van der Waals surface area (Å²) in [6.45, 7) is 8.08. The van der Waals surface area contributed by atoms with Crippen LogP contribution < -0.4 is 10.0 Å². The lowest BCUT2D eigenvalue weighted by Crippen LogP contribution is -2.60. The SMILES string of the molecule is CC(C)(C)[S@@+]([O-])N[C@@H]1c2ccccc2CC12CNC2. The average molecular weight is 278 g/mol. The van der Waals surface area contributed by atoms with E-state index in [1.165, 1.54) is 11.1 Å². The van der Waals surface area contributed by atoms with Gasteiger partial charge in [0.15, 0.2) is 0 Å². The lowest BCUT2D eigenvalue weighted by Gasteiger charge is -2.44. The molecule has 2 atom stereocenters. The highest BCUT2D eigenvalue weighted by Crippen LogP contribution is 2.48. The highest BCUT2D eigenvalue weighted by atomic mass is 32.2. The summed E-state index contributed by atoms with van der Waals surface area (Å²) in [5.41, 5.74) is 2.97. The van der Waals surface area contributed by atoms with Crippen LogP contribution in [0.4, 0.5) is 0 Å². The predicted molar refractivity (Wildman–Crippen MR) is 79.2 cm³/mol. The van der Waals surface area contributed by atoms with E-state index in [1.54, 1.807) is 0 Å². The van der Waals surface area contributed by atoms with Crippen molar-refractivity contribution in [3.05, 3.63) is 35.4 Å². The van der Waals surface area contributed by atoms with Crippen LogP contribution in [0.3, 0.4) is 0 Å². The third-order valence-electron chi connectivity index (χ3n) is 4.26. The van der Waals surface area contributed by atoms with Gasteiger partial charge in [-0.05, 0) is 38.3 Å². The predicted octanol–water partition coefficient (Wildman–Crippen LogP) is 1.93. The molecule has 0 aromatic heterocycles. The normalized spacial score (nSPS) is 26.0. The second kappa shape index (κ2) is 4.48. The first kappa shape index (κ1) is 13.4. The minimum absolute atomic E-state index is 0.213. The van der Waals surface area contributed by atoms with Gasteiger partial charge in [-0.15, -0.1) is 4.72 Å². The molecule has 4 heteroatoms. The number of hydrogen-bond donors (Lipinski definition) is 2.